The molecular weight excluding hydrogens is 439 g/mol. The molecule has 1 aliphatic rings. The quantitative estimate of drug-likeness (QED) is 0.183. The maximum absolute atomic E-state index is 12.8. The first kappa shape index (κ1) is 26.9. The standard InChI is InChI=1S/C28H30F3NO2/c1-19(11-13-24-21(3)10-7-15-27(24,4)5)8-6-9-20(2)16-26(33)34-25-14-12-23(28(29,30)31)17-22(25)18-32/h6,8-9,11-14,16-17H,7,10,15H2,1-5H3. The normalized spacial score (nSPS) is 17.4. The fourth-order valence-electron chi connectivity index (χ4n) is 3.89. The van der Waals surface area contributed by atoms with E-state index < -0.39 is 17.7 Å². The fraction of sp³-hybridized carbons (Fsp3) is 0.357. The summed E-state index contributed by atoms with van der Waals surface area (Å²) in [5.74, 6) is -0.995. The Morgan fingerprint density at radius 1 is 1.18 bits per heavy atom. The maximum Gasteiger partial charge on any atom is 0.416 e. The number of allylic oxidation sites excluding steroid dienone is 9. The van der Waals surface area contributed by atoms with Crippen molar-refractivity contribution in [3.8, 4) is 11.8 Å². The molecule has 0 spiro atoms. The molecule has 0 saturated carbocycles. The Morgan fingerprint density at radius 3 is 2.50 bits per heavy atom. The van der Waals surface area contributed by atoms with Gasteiger partial charge in [0.2, 0.25) is 0 Å². The molecule has 180 valence electrons. The molecule has 0 unspecified atom stereocenters. The second-order valence-corrected chi connectivity index (χ2v) is 9.16. The highest BCUT2D eigenvalue weighted by Crippen LogP contribution is 2.40. The van der Waals surface area contributed by atoms with E-state index in [-0.39, 0.29) is 16.7 Å². The average Bonchev–Trinajstić information content (AvgIpc) is 2.72. The summed E-state index contributed by atoms with van der Waals surface area (Å²) in [6, 6.07) is 4.03. The zero-order valence-corrected chi connectivity index (χ0v) is 20.2. The topological polar surface area (TPSA) is 50.1 Å². The summed E-state index contributed by atoms with van der Waals surface area (Å²) in [6.07, 6.45) is 9.89. The fourth-order valence-corrected chi connectivity index (χ4v) is 3.89. The van der Waals surface area contributed by atoms with Crippen molar-refractivity contribution in [3.63, 3.8) is 0 Å². The number of halogens is 3. The van der Waals surface area contributed by atoms with Gasteiger partial charge in [0.15, 0.2) is 0 Å². The van der Waals surface area contributed by atoms with E-state index in [4.69, 9.17) is 10.00 Å². The molecule has 1 aliphatic carbocycles. The highest BCUT2D eigenvalue weighted by atomic mass is 19.4. The van der Waals surface area contributed by atoms with Gasteiger partial charge in [-0.05, 0) is 74.8 Å². The molecule has 2 rings (SSSR count). The minimum atomic E-state index is -4.58. The lowest BCUT2D eigenvalue weighted by atomic mass is 9.72. The van der Waals surface area contributed by atoms with E-state index in [2.05, 4.69) is 32.9 Å². The van der Waals surface area contributed by atoms with Crippen molar-refractivity contribution in [2.24, 2.45) is 5.41 Å². The molecular formula is C28H30F3NO2. The summed E-state index contributed by atoms with van der Waals surface area (Å²) in [6.45, 7) is 10.4. The second-order valence-electron chi connectivity index (χ2n) is 9.16. The Labute approximate surface area is 199 Å². The third kappa shape index (κ3) is 7.62. The summed E-state index contributed by atoms with van der Waals surface area (Å²) in [7, 11) is 0. The van der Waals surface area contributed by atoms with Gasteiger partial charge in [0.1, 0.15) is 11.8 Å². The van der Waals surface area contributed by atoms with Crippen LogP contribution in [0.2, 0.25) is 0 Å². The van der Waals surface area contributed by atoms with E-state index in [9.17, 15) is 18.0 Å². The molecule has 0 amide bonds. The van der Waals surface area contributed by atoms with E-state index >= 15 is 0 Å². The number of rotatable bonds is 6. The first-order valence-corrected chi connectivity index (χ1v) is 11.1. The van der Waals surface area contributed by atoms with Crippen molar-refractivity contribution in [1.29, 1.82) is 5.26 Å². The van der Waals surface area contributed by atoms with E-state index in [1.165, 1.54) is 30.1 Å². The van der Waals surface area contributed by atoms with Gasteiger partial charge in [-0.3, -0.25) is 0 Å². The lowest BCUT2D eigenvalue weighted by Gasteiger charge is -2.32. The molecule has 3 nitrogen and oxygen atoms in total. The lowest BCUT2D eigenvalue weighted by Crippen LogP contribution is -2.19. The summed E-state index contributed by atoms with van der Waals surface area (Å²) < 4.78 is 43.5. The number of ether oxygens (including phenoxy) is 1. The molecule has 0 radical (unpaired) electrons. The highest BCUT2D eigenvalue weighted by Gasteiger charge is 2.31. The molecule has 1 aromatic carbocycles. The lowest BCUT2D eigenvalue weighted by molar-refractivity contribution is -0.137. The van der Waals surface area contributed by atoms with Crippen molar-refractivity contribution >= 4 is 5.97 Å². The zero-order valence-electron chi connectivity index (χ0n) is 20.2. The predicted molar refractivity (Wildman–Crippen MR) is 128 cm³/mol. The van der Waals surface area contributed by atoms with Crippen LogP contribution in [0.5, 0.6) is 5.75 Å². The van der Waals surface area contributed by atoms with E-state index in [1.807, 2.05) is 19.1 Å². The van der Waals surface area contributed by atoms with Crippen LogP contribution in [-0.4, -0.2) is 5.97 Å². The largest absolute Gasteiger partial charge is 0.422 e. The Balaban J connectivity index is 2.04. The van der Waals surface area contributed by atoms with Gasteiger partial charge >= 0.3 is 12.1 Å². The van der Waals surface area contributed by atoms with Gasteiger partial charge in [0, 0.05) is 6.08 Å². The molecule has 0 aromatic heterocycles. The van der Waals surface area contributed by atoms with Crippen LogP contribution in [0.3, 0.4) is 0 Å². The van der Waals surface area contributed by atoms with Crippen molar-refractivity contribution in [2.75, 3.05) is 0 Å². The number of hydrogen-bond donors (Lipinski definition) is 0. The first-order chi connectivity index (χ1) is 15.8. The number of nitrogens with zero attached hydrogens (tertiary/aromatic N) is 1. The Bertz CT molecular complexity index is 1120. The van der Waals surface area contributed by atoms with Gasteiger partial charge in [-0.1, -0.05) is 55.4 Å². The second kappa shape index (κ2) is 11.2. The summed E-state index contributed by atoms with van der Waals surface area (Å²) in [5, 5.41) is 9.09. The molecule has 6 heteroatoms. The van der Waals surface area contributed by atoms with E-state index in [1.54, 1.807) is 19.1 Å². The number of esters is 1. The van der Waals surface area contributed by atoms with Gasteiger partial charge < -0.3 is 4.74 Å². The molecule has 0 heterocycles. The smallest absolute Gasteiger partial charge is 0.416 e. The maximum atomic E-state index is 12.8. The molecule has 0 fully saturated rings. The van der Waals surface area contributed by atoms with Crippen LogP contribution in [0.1, 0.15) is 65.0 Å². The summed E-state index contributed by atoms with van der Waals surface area (Å²) >= 11 is 0. The minimum Gasteiger partial charge on any atom is -0.422 e. The predicted octanol–water partition coefficient (Wildman–Crippen LogP) is 8.01. The molecule has 0 atom stereocenters. The first-order valence-electron chi connectivity index (χ1n) is 11.1. The van der Waals surface area contributed by atoms with Crippen molar-refractivity contribution < 1.29 is 22.7 Å². The Hall–Kier alpha value is -3.33. The number of nitriles is 1. The number of carbonyl (C=O) groups excluding carboxylic acids is 1. The minimum absolute atomic E-state index is 0.174. The molecule has 0 N–H and O–H groups in total. The summed E-state index contributed by atoms with van der Waals surface area (Å²) in [4.78, 5) is 12.1. The molecule has 0 saturated heterocycles. The van der Waals surface area contributed by atoms with Crippen LogP contribution in [0.4, 0.5) is 13.2 Å². The van der Waals surface area contributed by atoms with Gasteiger partial charge in [0.05, 0.1) is 11.1 Å². The Kier molecular flexibility index (Phi) is 8.86. The molecule has 1 aromatic rings. The van der Waals surface area contributed by atoms with Crippen molar-refractivity contribution in [3.05, 3.63) is 88.1 Å². The number of alkyl halides is 3. The van der Waals surface area contributed by atoms with Gasteiger partial charge in [-0.15, -0.1) is 0 Å². The number of hydrogen-bond acceptors (Lipinski definition) is 3. The van der Waals surface area contributed by atoms with Crippen molar-refractivity contribution in [1.82, 2.24) is 0 Å². The monoisotopic (exact) mass is 469 g/mol. The van der Waals surface area contributed by atoms with Crippen LogP contribution in [0.15, 0.2) is 76.9 Å². The van der Waals surface area contributed by atoms with Gasteiger partial charge in [-0.25, -0.2) is 4.79 Å². The van der Waals surface area contributed by atoms with Crippen LogP contribution >= 0.6 is 0 Å². The van der Waals surface area contributed by atoms with Gasteiger partial charge in [0.25, 0.3) is 0 Å². The van der Waals surface area contributed by atoms with Crippen LogP contribution in [0, 0.1) is 16.7 Å². The SMILES string of the molecule is CC(C=CC1=C(C)CCCC1(C)C)=CC=CC(C)=CC(=O)Oc1ccc(C(F)(F)F)cc1C#N. The molecule has 0 bridgehead atoms. The van der Waals surface area contributed by atoms with Gasteiger partial charge in [-0.2, -0.15) is 18.4 Å². The third-order valence-corrected chi connectivity index (χ3v) is 5.76. The van der Waals surface area contributed by atoms with Crippen LogP contribution in [0.25, 0.3) is 0 Å². The van der Waals surface area contributed by atoms with E-state index in [0.717, 1.165) is 24.1 Å². The Morgan fingerprint density at radius 2 is 1.88 bits per heavy atom. The van der Waals surface area contributed by atoms with E-state index in [0.29, 0.717) is 11.6 Å². The number of carbonyl (C=O) groups is 1. The molecule has 0 aliphatic heterocycles. The number of benzene rings is 1. The molecule has 34 heavy (non-hydrogen) atoms. The van der Waals surface area contributed by atoms with Crippen LogP contribution in [-0.2, 0) is 11.0 Å². The van der Waals surface area contributed by atoms with Crippen molar-refractivity contribution in [2.45, 2.75) is 60.1 Å². The third-order valence-electron chi connectivity index (χ3n) is 5.76. The van der Waals surface area contributed by atoms with Crippen LogP contribution < -0.4 is 4.74 Å². The summed E-state index contributed by atoms with van der Waals surface area (Å²) in [5.41, 5.74) is 3.30. The zero-order chi connectivity index (χ0) is 25.5. The average molecular weight is 470 g/mol. The highest BCUT2D eigenvalue weighted by molar-refractivity contribution is 5.85.